The van der Waals surface area contributed by atoms with Crippen molar-refractivity contribution in [3.8, 4) is 0 Å². The second-order valence-electron chi connectivity index (χ2n) is 7.28. The van der Waals surface area contributed by atoms with E-state index in [4.69, 9.17) is 16.3 Å². The molecule has 3 heterocycles. The first-order chi connectivity index (χ1) is 14.3. The van der Waals surface area contributed by atoms with Gasteiger partial charge >= 0.3 is 0 Å². The van der Waals surface area contributed by atoms with Crippen molar-refractivity contribution < 1.29 is 24.4 Å². The van der Waals surface area contributed by atoms with E-state index < -0.39 is 36.0 Å². The van der Waals surface area contributed by atoms with Gasteiger partial charge < -0.3 is 35.0 Å². The molecule has 0 amide bonds. The summed E-state index contributed by atoms with van der Waals surface area (Å²) in [6.45, 7) is 1.36. The lowest BCUT2D eigenvalue weighted by molar-refractivity contribution is -0.115. The fraction of sp³-hybridized carbons (Fsp3) is 0.368. The molecule has 3 aromatic rings. The van der Waals surface area contributed by atoms with E-state index in [0.29, 0.717) is 16.5 Å². The second-order valence-corrected chi connectivity index (χ2v) is 7.69. The summed E-state index contributed by atoms with van der Waals surface area (Å²) in [5.74, 6) is -0.706. The lowest BCUT2D eigenvalue weighted by Crippen LogP contribution is -2.47. The molecule has 2 aromatic heterocycles. The summed E-state index contributed by atoms with van der Waals surface area (Å²) in [6.07, 6.45) is -1.98. The van der Waals surface area contributed by atoms with Gasteiger partial charge in [-0.05, 0) is 30.7 Å². The number of aliphatic hydroxyl groups excluding tert-OH is 2. The van der Waals surface area contributed by atoms with Crippen LogP contribution in [-0.4, -0.2) is 54.7 Å². The summed E-state index contributed by atoms with van der Waals surface area (Å²) in [4.78, 5) is 7.12. The van der Waals surface area contributed by atoms with Crippen LogP contribution in [0.15, 0.2) is 41.9 Å². The van der Waals surface area contributed by atoms with E-state index in [1.165, 1.54) is 25.4 Å². The van der Waals surface area contributed by atoms with E-state index in [9.17, 15) is 19.7 Å². The molecule has 0 radical (unpaired) electrons. The van der Waals surface area contributed by atoms with Crippen LogP contribution in [0.1, 0.15) is 24.8 Å². The molecule has 1 saturated heterocycles. The monoisotopic (exact) mass is 437 g/mol. The summed E-state index contributed by atoms with van der Waals surface area (Å²) in [7, 11) is 1.65. The van der Waals surface area contributed by atoms with E-state index in [0.717, 1.165) is 6.07 Å². The molecule has 5 N–H and O–H groups in total. The third-order valence-electron chi connectivity index (χ3n) is 5.34. The maximum atomic E-state index is 13.8. The minimum atomic E-state index is -1.83. The summed E-state index contributed by atoms with van der Waals surface area (Å²) in [5.41, 5.74) is 1.98. The van der Waals surface area contributed by atoms with Gasteiger partial charge in [0.05, 0.1) is 16.7 Å². The molecule has 11 heteroatoms. The van der Waals surface area contributed by atoms with Crippen LogP contribution in [0.2, 0.25) is 5.02 Å². The smallest absolute Gasteiger partial charge is 0.184 e. The fourth-order valence-electron chi connectivity index (χ4n) is 3.71. The lowest BCUT2D eigenvalue weighted by Gasteiger charge is -2.29. The molecule has 160 valence electrons. The first-order valence-electron chi connectivity index (χ1n) is 9.19. The molecule has 9 nitrogen and oxygen atoms in total. The van der Waals surface area contributed by atoms with E-state index in [-0.39, 0.29) is 10.6 Å². The van der Waals surface area contributed by atoms with Gasteiger partial charge in [0.15, 0.2) is 11.7 Å². The minimum Gasteiger partial charge on any atom is -0.386 e. The number of aliphatic hydroxyl groups is 3. The molecule has 1 fully saturated rings. The zero-order chi connectivity index (χ0) is 21.6. The zero-order valence-electron chi connectivity index (χ0n) is 16.1. The van der Waals surface area contributed by atoms with Crippen molar-refractivity contribution >= 4 is 22.6 Å². The number of hydrogen-bond acceptors (Lipinski definition) is 7. The number of aromatic amines is 1. The van der Waals surface area contributed by atoms with Crippen LogP contribution in [0.3, 0.4) is 0 Å². The Morgan fingerprint density at radius 3 is 2.90 bits per heavy atom. The molecule has 0 spiro atoms. The van der Waals surface area contributed by atoms with Crippen molar-refractivity contribution in [3.63, 3.8) is 0 Å². The van der Waals surface area contributed by atoms with Gasteiger partial charge in [-0.15, -0.1) is 0 Å². The maximum Gasteiger partial charge on any atom is 0.184 e. The van der Waals surface area contributed by atoms with Crippen LogP contribution in [0.25, 0.3) is 11.0 Å². The molecule has 1 unspecified atom stereocenters. The van der Waals surface area contributed by atoms with Crippen LogP contribution in [0.5, 0.6) is 0 Å². The van der Waals surface area contributed by atoms with Crippen molar-refractivity contribution in [2.75, 3.05) is 7.05 Å². The van der Waals surface area contributed by atoms with Crippen molar-refractivity contribution in [3.05, 3.63) is 58.7 Å². The normalized spacial score (nSPS) is 28.2. The fourth-order valence-corrected chi connectivity index (χ4v) is 3.83. The predicted molar refractivity (Wildman–Crippen MR) is 106 cm³/mol. The number of ether oxygens (including phenoxy) is 1. The van der Waals surface area contributed by atoms with E-state index >= 15 is 0 Å². The molecule has 0 bridgehead atoms. The number of fused-ring (bicyclic) bond motifs is 1. The molecule has 1 aliphatic rings. The van der Waals surface area contributed by atoms with E-state index in [1.807, 2.05) is 0 Å². The number of benzene rings is 1. The summed E-state index contributed by atoms with van der Waals surface area (Å²) in [5, 5.41) is 37.2. The number of aromatic nitrogens is 3. The highest BCUT2D eigenvalue weighted by atomic mass is 35.5. The zero-order valence-corrected chi connectivity index (χ0v) is 16.9. The Balaban J connectivity index is 1.72. The van der Waals surface area contributed by atoms with Gasteiger partial charge in [0.1, 0.15) is 35.4 Å². The van der Waals surface area contributed by atoms with Crippen LogP contribution >= 0.6 is 11.6 Å². The number of nitrogens with one attached hydrogen (secondary N) is 2. The number of halogens is 2. The molecule has 1 aliphatic heterocycles. The Bertz CT molecular complexity index is 1150. The highest BCUT2D eigenvalue weighted by Gasteiger charge is 2.55. The number of hydrogen-bond donors (Lipinski definition) is 5. The molecule has 1 aromatic carbocycles. The molecular formula is C19H21ClFN5O4. The molecule has 0 aliphatic carbocycles. The Hall–Kier alpha value is -2.50. The van der Waals surface area contributed by atoms with Crippen LogP contribution in [-0.2, 0) is 4.74 Å². The van der Waals surface area contributed by atoms with E-state index in [2.05, 4.69) is 20.5 Å². The van der Waals surface area contributed by atoms with Gasteiger partial charge in [0.25, 0.3) is 0 Å². The summed E-state index contributed by atoms with van der Waals surface area (Å²) >= 11 is 5.70. The van der Waals surface area contributed by atoms with Crippen molar-refractivity contribution in [2.45, 2.75) is 37.1 Å². The maximum absolute atomic E-state index is 13.8. The third-order valence-corrected chi connectivity index (χ3v) is 5.65. The highest BCUT2D eigenvalue weighted by Crippen LogP contribution is 2.43. The van der Waals surface area contributed by atoms with Crippen LogP contribution in [0, 0.1) is 5.82 Å². The van der Waals surface area contributed by atoms with Gasteiger partial charge in [0, 0.05) is 13.2 Å². The average Bonchev–Trinajstić information content (AvgIpc) is 3.24. The molecule has 4 rings (SSSR count). The Morgan fingerprint density at radius 1 is 1.43 bits per heavy atom. The van der Waals surface area contributed by atoms with Gasteiger partial charge in [-0.2, -0.15) is 5.10 Å². The quantitative estimate of drug-likeness (QED) is 0.386. The Kier molecular flexibility index (Phi) is 5.28. The SMILES string of the molecule is CNN=c1nc[nH]c2c1ccn2[C@@H]1O[C@H](C(O)c2ccc(Cl)c(F)c2)[C@@](C)(O)[C@H]1O. The molecule has 5 atom stereocenters. The average molecular weight is 438 g/mol. The highest BCUT2D eigenvalue weighted by molar-refractivity contribution is 6.30. The molecular weight excluding hydrogens is 417 g/mol. The topological polar surface area (TPSA) is 128 Å². The number of rotatable bonds is 4. The Labute approximate surface area is 175 Å². The van der Waals surface area contributed by atoms with E-state index in [1.54, 1.807) is 23.9 Å². The van der Waals surface area contributed by atoms with Crippen molar-refractivity contribution in [1.29, 1.82) is 0 Å². The van der Waals surface area contributed by atoms with Crippen molar-refractivity contribution in [2.24, 2.45) is 5.10 Å². The molecule has 0 saturated carbocycles. The number of nitrogens with zero attached hydrogens (tertiary/aromatic N) is 3. The van der Waals surface area contributed by atoms with Gasteiger partial charge in [-0.25, -0.2) is 9.37 Å². The molecule has 30 heavy (non-hydrogen) atoms. The van der Waals surface area contributed by atoms with Gasteiger partial charge in [0.2, 0.25) is 0 Å². The van der Waals surface area contributed by atoms with Crippen LogP contribution < -0.4 is 10.9 Å². The van der Waals surface area contributed by atoms with Gasteiger partial charge in [-0.3, -0.25) is 0 Å². The first kappa shape index (κ1) is 20.8. The second kappa shape index (κ2) is 7.64. The summed E-state index contributed by atoms with van der Waals surface area (Å²) in [6, 6.07) is 5.55. The standard InChI is InChI=1S/C19H21ClFN5O4/c1-19(29)14(28)18(26-6-5-10-16(25-22-2)23-8-24-17(10)26)30-15(19)13(27)9-3-4-11(20)12(21)7-9/h3-8,13-15,18,22,27-29H,1-2H3,(H,23,24,25)/t13?,14-,15+,18+,19-/m0/s1. The Morgan fingerprint density at radius 2 is 2.20 bits per heavy atom. The first-order valence-corrected chi connectivity index (χ1v) is 9.57. The largest absolute Gasteiger partial charge is 0.386 e. The predicted octanol–water partition coefficient (Wildman–Crippen LogP) is 0.935. The van der Waals surface area contributed by atoms with Crippen molar-refractivity contribution in [1.82, 2.24) is 20.0 Å². The number of H-pyrrole nitrogens is 1. The van der Waals surface area contributed by atoms with Crippen LogP contribution in [0.4, 0.5) is 4.39 Å². The minimum absolute atomic E-state index is 0.0892. The van der Waals surface area contributed by atoms with Gasteiger partial charge in [-0.1, -0.05) is 17.7 Å². The third kappa shape index (κ3) is 3.26. The summed E-state index contributed by atoms with van der Waals surface area (Å²) < 4.78 is 21.3. The lowest BCUT2D eigenvalue weighted by atomic mass is 9.88.